The third-order valence-electron chi connectivity index (χ3n) is 5.28. The summed E-state index contributed by atoms with van der Waals surface area (Å²) < 4.78 is 6.68. The van der Waals surface area contributed by atoms with Gasteiger partial charge in [-0.25, -0.2) is 4.79 Å². The lowest BCUT2D eigenvalue weighted by atomic mass is 10.2. The van der Waals surface area contributed by atoms with Gasteiger partial charge in [-0.3, -0.25) is 18.3 Å². The van der Waals surface area contributed by atoms with E-state index in [2.05, 4.69) is 23.4 Å². The molecule has 0 unspecified atom stereocenters. The predicted molar refractivity (Wildman–Crippen MR) is 105 cm³/mol. The fourth-order valence-corrected chi connectivity index (χ4v) is 3.66. The van der Waals surface area contributed by atoms with Crippen LogP contribution >= 0.6 is 0 Å². The van der Waals surface area contributed by atoms with Gasteiger partial charge in [0.05, 0.1) is 6.54 Å². The summed E-state index contributed by atoms with van der Waals surface area (Å²) in [5, 5.41) is 0. The van der Waals surface area contributed by atoms with Crippen molar-refractivity contribution in [3.05, 3.63) is 68.6 Å². The van der Waals surface area contributed by atoms with Crippen molar-refractivity contribution >= 4 is 16.9 Å². The molecule has 0 radical (unpaired) electrons. The Bertz CT molecular complexity index is 1260. The topological polar surface area (TPSA) is 66.2 Å². The average Bonchev–Trinajstić information content (AvgIpc) is 3.18. The Morgan fingerprint density at radius 2 is 1.85 bits per heavy atom. The van der Waals surface area contributed by atoms with Crippen LogP contribution in [0.15, 0.2) is 46.1 Å². The SMILES string of the molecule is CC[C@@H](C)n1c(C)cn2c3c(=O)n(Cc4ccccc4)c(=O)n(C)c3nc12. The lowest BCUT2D eigenvalue weighted by molar-refractivity contribution is 0.532. The summed E-state index contributed by atoms with van der Waals surface area (Å²) in [5.74, 6) is 0.696. The van der Waals surface area contributed by atoms with Gasteiger partial charge >= 0.3 is 5.69 Å². The van der Waals surface area contributed by atoms with Crippen LogP contribution in [-0.4, -0.2) is 23.1 Å². The normalized spacial score (nSPS) is 12.9. The second-order valence-electron chi connectivity index (χ2n) is 7.07. The van der Waals surface area contributed by atoms with Crippen LogP contribution in [0.1, 0.15) is 37.6 Å². The molecule has 0 aliphatic carbocycles. The summed E-state index contributed by atoms with van der Waals surface area (Å²) in [4.78, 5) is 30.7. The first kappa shape index (κ1) is 17.3. The van der Waals surface area contributed by atoms with E-state index in [0.29, 0.717) is 16.9 Å². The molecule has 3 aromatic heterocycles. The van der Waals surface area contributed by atoms with Crippen LogP contribution in [0.3, 0.4) is 0 Å². The highest BCUT2D eigenvalue weighted by Gasteiger charge is 2.21. The second kappa shape index (κ2) is 6.26. The zero-order chi connectivity index (χ0) is 19.3. The largest absolute Gasteiger partial charge is 0.332 e. The van der Waals surface area contributed by atoms with E-state index in [1.807, 2.05) is 47.9 Å². The van der Waals surface area contributed by atoms with E-state index in [1.165, 1.54) is 9.13 Å². The minimum Gasteiger partial charge on any atom is -0.311 e. The number of nitrogens with zero attached hydrogens (tertiary/aromatic N) is 5. The first-order valence-corrected chi connectivity index (χ1v) is 9.17. The third-order valence-corrected chi connectivity index (χ3v) is 5.28. The first-order valence-electron chi connectivity index (χ1n) is 9.17. The predicted octanol–water partition coefficient (Wildman–Crippen LogP) is 2.48. The Labute approximate surface area is 156 Å². The molecule has 3 heterocycles. The minimum atomic E-state index is -0.357. The third kappa shape index (κ3) is 2.53. The van der Waals surface area contributed by atoms with Gasteiger partial charge in [0.25, 0.3) is 5.56 Å². The van der Waals surface area contributed by atoms with Crippen molar-refractivity contribution in [2.45, 2.75) is 39.8 Å². The fraction of sp³-hybridized carbons (Fsp3) is 0.350. The number of imidazole rings is 2. The second-order valence-corrected chi connectivity index (χ2v) is 7.07. The minimum absolute atomic E-state index is 0.237. The zero-order valence-corrected chi connectivity index (χ0v) is 16.0. The molecule has 0 aliphatic heterocycles. The summed E-state index contributed by atoms with van der Waals surface area (Å²) in [5.41, 5.74) is 2.13. The Morgan fingerprint density at radius 1 is 1.15 bits per heavy atom. The van der Waals surface area contributed by atoms with Gasteiger partial charge in [-0.1, -0.05) is 37.3 Å². The maximum atomic E-state index is 13.2. The number of benzene rings is 1. The molecule has 7 heteroatoms. The van der Waals surface area contributed by atoms with E-state index < -0.39 is 0 Å². The molecule has 27 heavy (non-hydrogen) atoms. The van der Waals surface area contributed by atoms with Gasteiger partial charge in [-0.15, -0.1) is 0 Å². The van der Waals surface area contributed by atoms with Crippen LogP contribution in [0.4, 0.5) is 0 Å². The summed E-state index contributed by atoms with van der Waals surface area (Å²) in [6.45, 7) is 6.49. The molecule has 0 saturated heterocycles. The highest BCUT2D eigenvalue weighted by Crippen LogP contribution is 2.22. The van der Waals surface area contributed by atoms with Gasteiger partial charge in [0.1, 0.15) is 0 Å². The van der Waals surface area contributed by atoms with Gasteiger partial charge < -0.3 is 4.57 Å². The molecule has 4 rings (SSSR count). The molecule has 1 aromatic carbocycles. The smallest absolute Gasteiger partial charge is 0.311 e. The maximum Gasteiger partial charge on any atom is 0.332 e. The molecule has 0 N–H and O–H groups in total. The number of hydrogen-bond donors (Lipinski definition) is 0. The quantitative estimate of drug-likeness (QED) is 0.558. The van der Waals surface area contributed by atoms with Crippen molar-refractivity contribution in [1.29, 1.82) is 0 Å². The van der Waals surface area contributed by atoms with Crippen LogP contribution < -0.4 is 11.2 Å². The molecular formula is C20H23N5O2. The van der Waals surface area contributed by atoms with Crippen LogP contribution in [0.2, 0.25) is 0 Å². The van der Waals surface area contributed by atoms with Gasteiger partial charge in [0.2, 0.25) is 5.78 Å². The Hall–Kier alpha value is -3.09. The van der Waals surface area contributed by atoms with Gasteiger partial charge in [0, 0.05) is 25.0 Å². The van der Waals surface area contributed by atoms with Crippen LogP contribution in [0.5, 0.6) is 0 Å². The van der Waals surface area contributed by atoms with Crippen molar-refractivity contribution in [2.24, 2.45) is 7.05 Å². The summed E-state index contributed by atoms with van der Waals surface area (Å²) >= 11 is 0. The molecule has 1 atom stereocenters. The van der Waals surface area contributed by atoms with E-state index in [9.17, 15) is 9.59 Å². The standard InChI is InChI=1S/C20H23N5O2/c1-5-13(2)25-14(3)11-23-16-17(21-19(23)25)22(4)20(27)24(18(16)26)12-15-9-7-6-8-10-15/h6-11,13H,5,12H2,1-4H3/t13-/m1/s1. The van der Waals surface area contributed by atoms with Crippen LogP contribution in [0.25, 0.3) is 16.9 Å². The van der Waals surface area contributed by atoms with Crippen molar-refractivity contribution in [2.75, 3.05) is 0 Å². The summed E-state index contributed by atoms with van der Waals surface area (Å²) in [6, 6.07) is 9.78. The molecule has 7 nitrogen and oxygen atoms in total. The number of aromatic nitrogens is 5. The molecule has 0 amide bonds. The Morgan fingerprint density at radius 3 is 2.52 bits per heavy atom. The van der Waals surface area contributed by atoms with Crippen molar-refractivity contribution in [1.82, 2.24) is 23.1 Å². The number of rotatable bonds is 4. The molecule has 0 saturated carbocycles. The van der Waals surface area contributed by atoms with Gasteiger partial charge in [-0.05, 0) is 25.8 Å². The van der Waals surface area contributed by atoms with Crippen molar-refractivity contribution in [3.63, 3.8) is 0 Å². The van der Waals surface area contributed by atoms with E-state index >= 15 is 0 Å². The molecule has 0 fully saturated rings. The van der Waals surface area contributed by atoms with E-state index in [-0.39, 0.29) is 23.8 Å². The van der Waals surface area contributed by atoms with Crippen LogP contribution in [-0.2, 0) is 13.6 Å². The molecule has 4 aromatic rings. The van der Waals surface area contributed by atoms with E-state index in [4.69, 9.17) is 0 Å². The lowest BCUT2D eigenvalue weighted by Gasteiger charge is -2.12. The van der Waals surface area contributed by atoms with Gasteiger partial charge in [-0.2, -0.15) is 4.98 Å². The molecule has 140 valence electrons. The lowest BCUT2D eigenvalue weighted by Crippen LogP contribution is -2.39. The Balaban J connectivity index is 2.04. The van der Waals surface area contributed by atoms with Crippen molar-refractivity contribution in [3.8, 4) is 0 Å². The molecule has 0 bridgehead atoms. The highest BCUT2D eigenvalue weighted by atomic mass is 16.2. The average molecular weight is 365 g/mol. The number of hydrogen-bond acceptors (Lipinski definition) is 3. The van der Waals surface area contributed by atoms with Crippen LogP contribution in [0, 0.1) is 6.92 Å². The molecule has 0 aliphatic rings. The number of fused-ring (bicyclic) bond motifs is 3. The molecular weight excluding hydrogens is 342 g/mol. The zero-order valence-electron chi connectivity index (χ0n) is 16.0. The van der Waals surface area contributed by atoms with Gasteiger partial charge in [0.15, 0.2) is 11.2 Å². The number of aryl methyl sites for hydroxylation is 2. The van der Waals surface area contributed by atoms with Crippen molar-refractivity contribution < 1.29 is 0 Å². The maximum absolute atomic E-state index is 13.2. The molecule has 0 spiro atoms. The fourth-order valence-electron chi connectivity index (χ4n) is 3.66. The Kier molecular flexibility index (Phi) is 4.02. The van der Waals surface area contributed by atoms with E-state index in [0.717, 1.165) is 17.7 Å². The summed E-state index contributed by atoms with van der Waals surface area (Å²) in [6.07, 6.45) is 2.88. The first-order chi connectivity index (χ1) is 12.9. The van der Waals surface area contributed by atoms with E-state index in [1.54, 1.807) is 7.05 Å². The monoisotopic (exact) mass is 365 g/mol. The summed E-state index contributed by atoms with van der Waals surface area (Å²) in [7, 11) is 1.67. The highest BCUT2D eigenvalue weighted by molar-refractivity contribution is 5.75.